The van der Waals surface area contributed by atoms with Gasteiger partial charge in [-0.25, -0.2) is 4.79 Å². The van der Waals surface area contributed by atoms with Gasteiger partial charge in [0.25, 0.3) is 0 Å². The van der Waals surface area contributed by atoms with Crippen LogP contribution in [0.4, 0.5) is 5.69 Å². The van der Waals surface area contributed by atoms with Crippen LogP contribution in [0.2, 0.25) is 5.02 Å². The molecule has 28 heavy (non-hydrogen) atoms. The fraction of sp³-hybridized carbons (Fsp3) is 0.0500. The maximum atomic E-state index is 13.0. The van der Waals surface area contributed by atoms with E-state index in [2.05, 4.69) is 4.98 Å². The number of pyridine rings is 1. The van der Waals surface area contributed by atoms with Gasteiger partial charge in [-0.2, -0.15) is 5.26 Å². The lowest BCUT2D eigenvalue weighted by Gasteiger charge is -2.12. The molecule has 4 aromatic rings. The quantitative estimate of drug-likeness (QED) is 0.401. The molecule has 0 atom stereocenters. The fourth-order valence-corrected chi connectivity index (χ4v) is 3.43. The number of halogens is 1. The molecule has 0 saturated carbocycles. The molecule has 2 aromatic heterocycles. The van der Waals surface area contributed by atoms with Gasteiger partial charge in [-0.15, -0.1) is 0 Å². The Balaban J connectivity index is 2.13. The summed E-state index contributed by atoms with van der Waals surface area (Å²) >= 11 is 6.02. The molecule has 0 radical (unpaired) electrons. The van der Waals surface area contributed by atoms with Gasteiger partial charge in [0.05, 0.1) is 29.6 Å². The maximum absolute atomic E-state index is 13.0. The lowest BCUT2D eigenvalue weighted by molar-refractivity contribution is 0.0593. The van der Waals surface area contributed by atoms with Crippen molar-refractivity contribution in [3.05, 3.63) is 69.1 Å². The lowest BCUT2D eigenvalue weighted by Crippen LogP contribution is -2.12. The number of H-pyrrole nitrogens is 1. The Morgan fingerprint density at radius 3 is 2.79 bits per heavy atom. The summed E-state index contributed by atoms with van der Waals surface area (Å²) in [5, 5.41) is 10.6. The highest BCUT2D eigenvalue weighted by molar-refractivity contribution is 6.31. The number of para-hydroxylation sites is 1. The number of hydrogen-bond acceptors (Lipinski definition) is 5. The predicted octanol–water partition coefficient (Wildman–Crippen LogP) is 3.37. The predicted molar refractivity (Wildman–Crippen MR) is 107 cm³/mol. The zero-order valence-corrected chi connectivity index (χ0v) is 15.4. The van der Waals surface area contributed by atoms with Crippen molar-refractivity contribution in [2.45, 2.75) is 0 Å². The summed E-state index contributed by atoms with van der Waals surface area (Å²) in [5.41, 5.74) is 7.51. The summed E-state index contributed by atoms with van der Waals surface area (Å²) in [6.07, 6.45) is 1.45. The van der Waals surface area contributed by atoms with E-state index in [0.29, 0.717) is 32.5 Å². The summed E-state index contributed by atoms with van der Waals surface area (Å²) in [7, 11) is 1.23. The molecule has 0 saturated heterocycles. The van der Waals surface area contributed by atoms with Crippen LogP contribution < -0.4 is 11.2 Å². The fourth-order valence-electron chi connectivity index (χ4n) is 3.26. The number of nitrogen functional groups attached to an aromatic ring is 1. The molecule has 0 aliphatic rings. The van der Waals surface area contributed by atoms with Crippen molar-refractivity contribution < 1.29 is 9.53 Å². The number of aromatic amines is 1. The van der Waals surface area contributed by atoms with Crippen LogP contribution in [0.25, 0.3) is 27.5 Å². The third-order valence-corrected chi connectivity index (χ3v) is 4.81. The number of methoxy groups -OCH3 is 1. The maximum Gasteiger partial charge on any atom is 0.357 e. The third kappa shape index (κ3) is 2.51. The monoisotopic (exact) mass is 392 g/mol. The minimum atomic E-state index is -0.689. The number of hydrogen-bond donors (Lipinski definition) is 2. The first-order chi connectivity index (χ1) is 13.5. The first kappa shape index (κ1) is 17.6. The summed E-state index contributed by atoms with van der Waals surface area (Å²) in [6, 6.07) is 12.0. The number of nitrogens with two attached hydrogens (primary N) is 1. The zero-order valence-electron chi connectivity index (χ0n) is 14.6. The number of fused-ring (bicyclic) bond motifs is 2. The first-order valence-electron chi connectivity index (χ1n) is 8.20. The van der Waals surface area contributed by atoms with E-state index in [4.69, 9.17) is 22.1 Å². The Bertz CT molecular complexity index is 1380. The summed E-state index contributed by atoms with van der Waals surface area (Å²) in [5.74, 6) is -0.689. The van der Waals surface area contributed by atoms with Crippen LogP contribution in [-0.4, -0.2) is 22.6 Å². The highest BCUT2D eigenvalue weighted by atomic mass is 35.5. The molecule has 138 valence electrons. The van der Waals surface area contributed by atoms with Crippen molar-refractivity contribution in [1.82, 2.24) is 9.55 Å². The van der Waals surface area contributed by atoms with Gasteiger partial charge >= 0.3 is 5.97 Å². The largest absolute Gasteiger partial charge is 0.464 e. The molecule has 7 nitrogen and oxygen atoms in total. The SMILES string of the molecule is COC(=O)c1c(N)c(C#N)cn1-c1cccc2c(=O)c3cc(Cl)ccc3[nH]c12. The summed E-state index contributed by atoms with van der Waals surface area (Å²) < 4.78 is 6.28. The highest BCUT2D eigenvalue weighted by Crippen LogP contribution is 2.29. The van der Waals surface area contributed by atoms with Gasteiger partial charge in [-0.1, -0.05) is 17.7 Å². The average Bonchev–Trinajstić information content (AvgIpc) is 3.04. The van der Waals surface area contributed by atoms with E-state index >= 15 is 0 Å². The van der Waals surface area contributed by atoms with Gasteiger partial charge in [0.2, 0.25) is 0 Å². The van der Waals surface area contributed by atoms with Crippen molar-refractivity contribution in [2.24, 2.45) is 0 Å². The van der Waals surface area contributed by atoms with Gasteiger partial charge in [-0.05, 0) is 30.3 Å². The summed E-state index contributed by atoms with van der Waals surface area (Å²) in [6.45, 7) is 0. The Morgan fingerprint density at radius 2 is 2.07 bits per heavy atom. The molecular weight excluding hydrogens is 380 g/mol. The molecule has 3 N–H and O–H groups in total. The molecular formula is C20H13ClN4O3. The number of benzene rings is 2. The van der Waals surface area contributed by atoms with E-state index in [9.17, 15) is 14.9 Å². The Labute approximate surface area is 163 Å². The molecule has 0 spiro atoms. The van der Waals surface area contributed by atoms with Crippen LogP contribution in [0.5, 0.6) is 0 Å². The molecule has 4 rings (SSSR count). The molecule has 2 aromatic carbocycles. The van der Waals surface area contributed by atoms with Gasteiger partial charge in [0.1, 0.15) is 6.07 Å². The number of esters is 1. The van der Waals surface area contributed by atoms with Crippen molar-refractivity contribution in [3.63, 3.8) is 0 Å². The number of carbonyl (C=O) groups excluding carboxylic acids is 1. The first-order valence-corrected chi connectivity index (χ1v) is 8.58. The molecule has 0 fully saturated rings. The van der Waals surface area contributed by atoms with Gasteiger partial charge in [0.15, 0.2) is 11.1 Å². The second-order valence-electron chi connectivity index (χ2n) is 6.12. The van der Waals surface area contributed by atoms with Gasteiger partial charge in [0, 0.05) is 27.5 Å². The second-order valence-corrected chi connectivity index (χ2v) is 6.56. The molecule has 2 heterocycles. The number of anilines is 1. The molecule has 0 bridgehead atoms. The zero-order chi connectivity index (χ0) is 20.0. The number of aromatic nitrogens is 2. The normalized spacial score (nSPS) is 10.9. The van der Waals surface area contributed by atoms with Crippen LogP contribution >= 0.6 is 11.6 Å². The molecule has 0 aliphatic heterocycles. The van der Waals surface area contributed by atoms with E-state index in [0.717, 1.165) is 0 Å². The van der Waals surface area contributed by atoms with Crippen LogP contribution in [0.15, 0.2) is 47.4 Å². The van der Waals surface area contributed by atoms with Gasteiger partial charge in [-0.3, -0.25) is 4.79 Å². The summed E-state index contributed by atoms with van der Waals surface area (Å²) in [4.78, 5) is 28.5. The molecule has 0 aliphatic carbocycles. The number of nitrogens with one attached hydrogen (secondary N) is 1. The molecule has 8 heteroatoms. The van der Waals surface area contributed by atoms with Crippen LogP contribution in [0, 0.1) is 11.3 Å². The Kier molecular flexibility index (Phi) is 4.06. The van der Waals surface area contributed by atoms with Crippen molar-refractivity contribution in [1.29, 1.82) is 5.26 Å². The van der Waals surface area contributed by atoms with Crippen molar-refractivity contribution in [3.8, 4) is 11.8 Å². The second kappa shape index (κ2) is 6.44. The average molecular weight is 393 g/mol. The molecule has 0 unspecified atom stereocenters. The Hall–Kier alpha value is -3.76. The van der Waals surface area contributed by atoms with Crippen LogP contribution in [0.3, 0.4) is 0 Å². The standard InChI is InChI=1S/C20H13ClN4O3/c1-28-20(27)18-16(23)10(8-22)9-25(18)15-4-2-3-12-17(15)24-14-6-5-11(21)7-13(14)19(12)26/h2-7,9H,23H2,1H3,(H,24,26). The highest BCUT2D eigenvalue weighted by Gasteiger charge is 2.23. The molecule has 0 amide bonds. The Morgan fingerprint density at radius 1 is 1.29 bits per heavy atom. The number of ether oxygens (including phenoxy) is 1. The van der Waals surface area contributed by atoms with Gasteiger partial charge < -0.3 is 20.0 Å². The number of rotatable bonds is 2. The van der Waals surface area contributed by atoms with E-state index in [1.807, 2.05) is 6.07 Å². The van der Waals surface area contributed by atoms with E-state index in [-0.39, 0.29) is 22.4 Å². The van der Waals surface area contributed by atoms with Crippen molar-refractivity contribution >= 4 is 45.1 Å². The van der Waals surface area contributed by atoms with Crippen LogP contribution in [-0.2, 0) is 4.74 Å². The minimum Gasteiger partial charge on any atom is -0.464 e. The topological polar surface area (TPSA) is 114 Å². The smallest absolute Gasteiger partial charge is 0.357 e. The lowest BCUT2D eigenvalue weighted by atomic mass is 10.1. The van der Waals surface area contributed by atoms with E-state index in [1.165, 1.54) is 17.9 Å². The number of carbonyl (C=O) groups is 1. The third-order valence-electron chi connectivity index (χ3n) is 4.58. The van der Waals surface area contributed by atoms with Crippen molar-refractivity contribution in [2.75, 3.05) is 12.8 Å². The van der Waals surface area contributed by atoms with Crippen LogP contribution in [0.1, 0.15) is 16.1 Å². The number of nitriles is 1. The minimum absolute atomic E-state index is 0.0151. The number of nitrogens with zero attached hydrogens (tertiary/aromatic N) is 2. The van der Waals surface area contributed by atoms with E-state index < -0.39 is 5.97 Å². The van der Waals surface area contributed by atoms with E-state index in [1.54, 1.807) is 36.4 Å².